The Kier molecular flexibility index (Phi) is 25.7. The molecule has 0 aliphatic heterocycles. The van der Waals surface area contributed by atoms with Gasteiger partial charge in [0.1, 0.15) is 17.5 Å². The molecular weight excluding hydrogens is 1420 g/mol. The van der Waals surface area contributed by atoms with Crippen LogP contribution in [0.3, 0.4) is 0 Å². The summed E-state index contributed by atoms with van der Waals surface area (Å²) in [5.41, 5.74) is 4.20. The molecule has 36 heteroatoms. The molecule has 0 unspecified atom stereocenters. The second kappa shape index (κ2) is 36.1. The molecule has 0 saturated heterocycles. The van der Waals surface area contributed by atoms with Crippen molar-refractivity contribution in [1.82, 2.24) is 51.0 Å². The van der Waals surface area contributed by atoms with Gasteiger partial charge >= 0.3 is 41.8 Å². The summed E-state index contributed by atoms with van der Waals surface area (Å²) in [6.07, 6.45) is -3.73. The van der Waals surface area contributed by atoms with Crippen molar-refractivity contribution in [1.29, 1.82) is 0 Å². The van der Waals surface area contributed by atoms with Crippen LogP contribution in [0, 0.1) is 17.5 Å². The standard InChI is InChI=1S/C15H10BF3N2O3.C15H12BFN2O3.C15H13BN2O3.2C14H10BFN2O3/c17-15(18,19)12-8-10(16(22)23)6-7-11(12)14-21-20-13(24-14)9-4-2-1-3-5-9;17-13-9-11(6-7-12(13)16(20)21)15-19-18-14(22-15)8-10-4-2-1-3-5-10;19-16(20)13-8-6-11(7-9-13)10-14-17-18-15(21-14)12-4-2-1-3-5-12;16-12-8-10(15(19)20)6-7-11(12)14-18-17-13(21-14)9-4-2-1-3-5-9;16-12-8-10(6-7-11(12)15(19)20)14-18-17-13(21-14)9-4-2-1-3-5-9/h1-8,22-23H;1-7,9,20-21H,8H2;1-9,19-20H,10H2;2*1-8,19-20H. The molecule has 0 spiro atoms. The zero-order valence-corrected chi connectivity index (χ0v) is 56.2. The number of rotatable bonds is 17. The van der Waals surface area contributed by atoms with Crippen LogP contribution < -0.4 is 27.3 Å². The van der Waals surface area contributed by atoms with E-state index in [2.05, 4.69) is 51.0 Å². The van der Waals surface area contributed by atoms with Gasteiger partial charge in [-0.05, 0) is 125 Å². The van der Waals surface area contributed by atoms with Crippen LogP contribution in [0.2, 0.25) is 0 Å². The van der Waals surface area contributed by atoms with E-state index in [-0.39, 0.29) is 68.3 Å². The van der Waals surface area contributed by atoms with Crippen LogP contribution in [-0.2, 0) is 19.0 Å². The van der Waals surface area contributed by atoms with E-state index in [1.165, 1.54) is 36.4 Å². The van der Waals surface area contributed by atoms with Crippen molar-refractivity contribution < 1.29 is 98.7 Å². The first kappa shape index (κ1) is 77.5. The Bertz CT molecular complexity index is 5410. The summed E-state index contributed by atoms with van der Waals surface area (Å²) in [5, 5.41) is 129. The van der Waals surface area contributed by atoms with Gasteiger partial charge < -0.3 is 72.3 Å². The highest BCUT2D eigenvalue weighted by atomic mass is 19.4. The summed E-state index contributed by atoms with van der Waals surface area (Å²) in [7, 11) is -8.90. The van der Waals surface area contributed by atoms with E-state index >= 15 is 0 Å². The van der Waals surface area contributed by atoms with Crippen molar-refractivity contribution in [3.8, 4) is 91.6 Å². The van der Waals surface area contributed by atoms with Gasteiger partial charge in [-0.3, -0.25) is 0 Å². The topological polar surface area (TPSA) is 397 Å². The minimum absolute atomic E-state index is 0.0327. The Hall–Kier alpha value is -12.6. The zero-order chi connectivity index (χ0) is 77.1. The average molecular weight is 1480 g/mol. The van der Waals surface area contributed by atoms with E-state index in [0.29, 0.717) is 64.6 Å². The van der Waals surface area contributed by atoms with Gasteiger partial charge in [0.2, 0.25) is 53.0 Å². The van der Waals surface area contributed by atoms with Crippen molar-refractivity contribution in [2.45, 2.75) is 19.0 Å². The predicted molar refractivity (Wildman–Crippen MR) is 387 cm³/mol. The van der Waals surface area contributed by atoms with Crippen LogP contribution in [0.15, 0.2) is 271 Å². The Morgan fingerprint density at radius 3 is 0.954 bits per heavy atom. The number of nitrogens with zero attached hydrogens (tertiary/aromatic N) is 10. The van der Waals surface area contributed by atoms with Crippen LogP contribution >= 0.6 is 0 Å². The van der Waals surface area contributed by atoms with Gasteiger partial charge in [-0.15, -0.1) is 51.0 Å². The van der Waals surface area contributed by atoms with Gasteiger partial charge in [0, 0.05) is 44.3 Å². The molecule has 0 amide bonds. The molecule has 0 atom stereocenters. The molecule has 109 heavy (non-hydrogen) atoms. The molecule has 5 heterocycles. The lowest BCUT2D eigenvalue weighted by Crippen LogP contribution is -2.32. The molecule has 25 nitrogen and oxygen atoms in total. The fourth-order valence-electron chi connectivity index (χ4n) is 10.1. The molecule has 544 valence electrons. The van der Waals surface area contributed by atoms with E-state index in [4.69, 9.17) is 72.3 Å². The summed E-state index contributed by atoms with van der Waals surface area (Å²) in [6, 6.07) is 67.5. The number of hydrogen-bond acceptors (Lipinski definition) is 25. The van der Waals surface area contributed by atoms with Crippen LogP contribution in [0.1, 0.15) is 28.5 Å². The van der Waals surface area contributed by atoms with Crippen LogP contribution in [0.25, 0.3) is 91.6 Å². The van der Waals surface area contributed by atoms with Crippen molar-refractivity contribution >= 4 is 62.9 Å². The van der Waals surface area contributed by atoms with E-state index in [0.717, 1.165) is 58.1 Å². The molecule has 10 aromatic carbocycles. The molecule has 10 N–H and O–H groups in total. The summed E-state index contributed by atoms with van der Waals surface area (Å²) in [4.78, 5) is 0. The van der Waals surface area contributed by atoms with E-state index in [1.54, 1.807) is 66.7 Å². The first-order valence-electron chi connectivity index (χ1n) is 32.4. The van der Waals surface area contributed by atoms with E-state index < -0.39 is 64.8 Å². The number of benzene rings is 10. The van der Waals surface area contributed by atoms with Gasteiger partial charge in [0.15, 0.2) is 0 Å². The number of alkyl halides is 3. The molecule has 0 radical (unpaired) electrons. The van der Waals surface area contributed by atoms with Crippen LogP contribution in [0.5, 0.6) is 0 Å². The highest BCUT2D eigenvalue weighted by molar-refractivity contribution is 6.60. The van der Waals surface area contributed by atoms with Gasteiger partial charge in [-0.25, -0.2) is 13.2 Å². The summed E-state index contributed by atoms with van der Waals surface area (Å²) < 4.78 is 109. The number of hydrogen-bond donors (Lipinski definition) is 10. The highest BCUT2D eigenvalue weighted by Crippen LogP contribution is 2.37. The minimum atomic E-state index is -4.72. The Balaban J connectivity index is 0.000000135. The first-order chi connectivity index (χ1) is 52.5. The third-order valence-electron chi connectivity index (χ3n) is 15.6. The molecule has 5 aromatic heterocycles. The molecule has 0 bridgehead atoms. The molecule has 0 saturated carbocycles. The average Bonchev–Trinajstić information content (AvgIpc) is 1.62. The largest absolute Gasteiger partial charge is 0.491 e. The summed E-state index contributed by atoms with van der Waals surface area (Å²) >= 11 is 0. The molecule has 0 aliphatic carbocycles. The normalized spacial score (nSPS) is 10.8. The Morgan fingerprint density at radius 1 is 0.266 bits per heavy atom. The van der Waals surface area contributed by atoms with E-state index in [9.17, 15) is 26.3 Å². The van der Waals surface area contributed by atoms with Crippen molar-refractivity contribution in [2.75, 3.05) is 0 Å². The highest BCUT2D eigenvalue weighted by Gasteiger charge is 2.36. The SMILES string of the molecule is OB(O)c1ccc(-c2nnc(-c3ccccc3)o2)c(C(F)(F)F)c1.OB(O)c1ccc(-c2nnc(-c3ccccc3)o2)c(F)c1.OB(O)c1ccc(-c2nnc(-c3ccccc3)o2)cc1F.OB(O)c1ccc(-c2nnc(Cc3ccccc3)o2)cc1F.OB(O)c1ccc(Cc2nnc(-c3ccccc3)o2)cc1. The van der Waals surface area contributed by atoms with Crippen molar-refractivity contribution in [3.63, 3.8) is 0 Å². The Morgan fingerprint density at radius 2 is 0.578 bits per heavy atom. The second-order valence-electron chi connectivity index (χ2n) is 23.2. The summed E-state index contributed by atoms with van der Waals surface area (Å²) in [5.74, 6) is 0.0627. The summed E-state index contributed by atoms with van der Waals surface area (Å²) in [6.45, 7) is 0. The smallest absolute Gasteiger partial charge is 0.423 e. The maximum atomic E-state index is 14.0. The van der Waals surface area contributed by atoms with Crippen LogP contribution in [-0.4, -0.2) is 137 Å². The lowest BCUT2D eigenvalue weighted by Gasteiger charge is -2.12. The van der Waals surface area contributed by atoms with Crippen molar-refractivity contribution in [2.24, 2.45) is 0 Å². The fraction of sp³-hybridized carbons (Fsp3) is 0.0411. The second-order valence-corrected chi connectivity index (χ2v) is 23.2. The van der Waals surface area contributed by atoms with Crippen LogP contribution in [0.4, 0.5) is 26.3 Å². The quantitative estimate of drug-likeness (QED) is 0.0335. The molecule has 0 fully saturated rings. The number of aromatic nitrogens is 10. The third kappa shape index (κ3) is 20.7. The lowest BCUT2D eigenvalue weighted by atomic mass is 9.79. The van der Waals surface area contributed by atoms with Gasteiger partial charge in [0.25, 0.3) is 5.89 Å². The molecule has 15 aromatic rings. The molecular formula is C73H55B5F6N10O15. The first-order valence-corrected chi connectivity index (χ1v) is 32.4. The Labute approximate surface area is 615 Å². The fourth-order valence-corrected chi connectivity index (χ4v) is 10.1. The van der Waals surface area contributed by atoms with Gasteiger partial charge in [-0.1, -0.05) is 152 Å². The maximum absolute atomic E-state index is 14.0. The minimum Gasteiger partial charge on any atom is -0.423 e. The number of halogens is 6. The van der Waals surface area contributed by atoms with Crippen molar-refractivity contribution in [3.05, 3.63) is 295 Å². The monoisotopic (exact) mass is 1480 g/mol. The maximum Gasteiger partial charge on any atom is 0.491 e. The zero-order valence-electron chi connectivity index (χ0n) is 56.2. The third-order valence-corrected chi connectivity index (χ3v) is 15.6. The van der Waals surface area contributed by atoms with E-state index in [1.807, 2.05) is 109 Å². The molecule has 0 aliphatic rings. The van der Waals surface area contributed by atoms with Gasteiger partial charge in [-0.2, -0.15) is 13.2 Å². The lowest BCUT2D eigenvalue weighted by molar-refractivity contribution is -0.137. The molecule has 15 rings (SSSR count). The van der Waals surface area contributed by atoms with Gasteiger partial charge in [0.05, 0.1) is 29.5 Å². The predicted octanol–water partition coefficient (Wildman–Crippen LogP) is 6.70.